The predicted octanol–water partition coefficient (Wildman–Crippen LogP) is 3.47. The van der Waals surface area contributed by atoms with Gasteiger partial charge in [-0.3, -0.25) is 4.79 Å². The maximum Gasteiger partial charge on any atom is 0.254 e. The second-order valence-corrected chi connectivity index (χ2v) is 6.02. The number of nitrogens with two attached hydrogens (primary N) is 1. The zero-order chi connectivity index (χ0) is 19.7. The number of hydrogen-bond donors (Lipinski definition) is 1. The molecule has 2 aromatic carbocycles. The molecular formula is C20H16N4O4. The summed E-state index contributed by atoms with van der Waals surface area (Å²) in [5.74, 6) is 0.864. The SMILES string of the molecule is COc1cc(-c2nnc(-c3c(-c4ccccc4)noc3C)o2)ccc1C(N)=O. The highest BCUT2D eigenvalue weighted by Gasteiger charge is 2.22. The predicted molar refractivity (Wildman–Crippen MR) is 100 cm³/mol. The van der Waals surface area contributed by atoms with E-state index in [2.05, 4.69) is 15.4 Å². The standard InChI is InChI=1S/C20H16N4O4/c1-11-16(17(24-28-11)12-6-4-3-5-7-12)20-23-22-19(27-20)13-8-9-14(18(21)25)15(10-13)26-2/h3-10H,1-2H3,(H2,21,25). The third kappa shape index (κ3) is 3.01. The number of primary amides is 1. The summed E-state index contributed by atoms with van der Waals surface area (Å²) in [4.78, 5) is 11.5. The van der Waals surface area contributed by atoms with E-state index in [4.69, 9.17) is 19.4 Å². The van der Waals surface area contributed by atoms with Gasteiger partial charge in [0.25, 0.3) is 11.8 Å². The Morgan fingerprint density at radius 2 is 1.79 bits per heavy atom. The van der Waals surface area contributed by atoms with Crippen LogP contribution in [0.5, 0.6) is 5.75 Å². The fourth-order valence-corrected chi connectivity index (χ4v) is 2.89. The lowest BCUT2D eigenvalue weighted by Gasteiger charge is -2.06. The first kappa shape index (κ1) is 17.5. The Morgan fingerprint density at radius 3 is 2.50 bits per heavy atom. The summed E-state index contributed by atoms with van der Waals surface area (Å²) in [6.45, 7) is 1.78. The van der Waals surface area contributed by atoms with Crippen molar-refractivity contribution in [2.75, 3.05) is 7.11 Å². The van der Waals surface area contributed by atoms with Crippen LogP contribution in [0.15, 0.2) is 57.5 Å². The van der Waals surface area contributed by atoms with Gasteiger partial charge in [-0.05, 0) is 25.1 Å². The van der Waals surface area contributed by atoms with Gasteiger partial charge < -0.3 is 19.4 Å². The maximum absolute atomic E-state index is 11.5. The van der Waals surface area contributed by atoms with Crippen LogP contribution >= 0.6 is 0 Å². The van der Waals surface area contributed by atoms with E-state index in [1.54, 1.807) is 25.1 Å². The Hall–Kier alpha value is -3.94. The van der Waals surface area contributed by atoms with Crippen LogP contribution in [-0.2, 0) is 0 Å². The van der Waals surface area contributed by atoms with Crippen LogP contribution in [0.3, 0.4) is 0 Å². The van der Waals surface area contributed by atoms with Crippen molar-refractivity contribution in [2.45, 2.75) is 6.92 Å². The average molecular weight is 376 g/mol. The van der Waals surface area contributed by atoms with Crippen molar-refractivity contribution < 1.29 is 18.5 Å². The number of nitrogens with zero attached hydrogens (tertiary/aromatic N) is 3. The number of carbonyl (C=O) groups is 1. The van der Waals surface area contributed by atoms with Crippen molar-refractivity contribution in [3.8, 4) is 39.9 Å². The molecule has 0 aliphatic carbocycles. The molecule has 0 spiro atoms. The van der Waals surface area contributed by atoms with E-state index in [0.717, 1.165) is 5.56 Å². The number of ether oxygens (including phenoxy) is 1. The van der Waals surface area contributed by atoms with E-state index < -0.39 is 5.91 Å². The fraction of sp³-hybridized carbons (Fsp3) is 0.100. The van der Waals surface area contributed by atoms with E-state index >= 15 is 0 Å². The lowest BCUT2D eigenvalue weighted by atomic mass is 10.1. The van der Waals surface area contributed by atoms with Crippen molar-refractivity contribution in [1.82, 2.24) is 15.4 Å². The highest BCUT2D eigenvalue weighted by atomic mass is 16.5. The highest BCUT2D eigenvalue weighted by molar-refractivity contribution is 5.96. The molecule has 0 unspecified atom stereocenters. The van der Waals surface area contributed by atoms with E-state index in [-0.39, 0.29) is 17.3 Å². The molecule has 0 saturated carbocycles. The average Bonchev–Trinajstić information content (AvgIpc) is 3.34. The molecule has 0 atom stereocenters. The number of aryl methyl sites for hydroxylation is 1. The Bertz CT molecular complexity index is 1150. The largest absolute Gasteiger partial charge is 0.496 e. The fourth-order valence-electron chi connectivity index (χ4n) is 2.89. The minimum Gasteiger partial charge on any atom is -0.496 e. The summed E-state index contributed by atoms with van der Waals surface area (Å²) >= 11 is 0. The molecule has 140 valence electrons. The molecule has 4 aromatic rings. The molecule has 0 fully saturated rings. The quantitative estimate of drug-likeness (QED) is 0.566. The molecule has 0 aliphatic heterocycles. The second kappa shape index (κ2) is 6.99. The third-order valence-electron chi connectivity index (χ3n) is 4.26. The molecule has 1 amide bonds. The van der Waals surface area contributed by atoms with Gasteiger partial charge >= 0.3 is 0 Å². The Balaban J connectivity index is 1.76. The number of aromatic nitrogens is 3. The minimum atomic E-state index is -0.581. The van der Waals surface area contributed by atoms with Gasteiger partial charge in [0.1, 0.15) is 22.8 Å². The maximum atomic E-state index is 11.5. The highest BCUT2D eigenvalue weighted by Crippen LogP contribution is 2.35. The Morgan fingerprint density at radius 1 is 1.04 bits per heavy atom. The van der Waals surface area contributed by atoms with Gasteiger partial charge in [0.05, 0.1) is 12.7 Å². The minimum absolute atomic E-state index is 0.268. The molecule has 4 rings (SSSR count). The van der Waals surface area contributed by atoms with Crippen LogP contribution in [0.1, 0.15) is 16.1 Å². The van der Waals surface area contributed by atoms with Crippen LogP contribution < -0.4 is 10.5 Å². The molecule has 0 aliphatic rings. The van der Waals surface area contributed by atoms with E-state index in [9.17, 15) is 4.79 Å². The van der Waals surface area contributed by atoms with Gasteiger partial charge in [-0.15, -0.1) is 10.2 Å². The van der Waals surface area contributed by atoms with Crippen LogP contribution in [0.4, 0.5) is 0 Å². The molecule has 2 aromatic heterocycles. The Labute approximate surface area is 159 Å². The van der Waals surface area contributed by atoms with Crippen molar-refractivity contribution in [3.63, 3.8) is 0 Å². The number of amides is 1. The first-order chi connectivity index (χ1) is 13.6. The zero-order valence-electron chi connectivity index (χ0n) is 15.2. The zero-order valence-corrected chi connectivity index (χ0v) is 15.2. The summed E-state index contributed by atoms with van der Waals surface area (Å²) < 4.78 is 16.4. The first-order valence-corrected chi connectivity index (χ1v) is 8.42. The van der Waals surface area contributed by atoms with Crippen LogP contribution in [0, 0.1) is 6.92 Å². The van der Waals surface area contributed by atoms with Gasteiger partial charge in [0.15, 0.2) is 0 Å². The number of hydrogen-bond acceptors (Lipinski definition) is 7. The van der Waals surface area contributed by atoms with Crippen molar-refractivity contribution in [3.05, 3.63) is 59.9 Å². The summed E-state index contributed by atoms with van der Waals surface area (Å²) in [7, 11) is 1.46. The molecule has 28 heavy (non-hydrogen) atoms. The molecule has 8 nitrogen and oxygen atoms in total. The van der Waals surface area contributed by atoms with Crippen molar-refractivity contribution in [2.24, 2.45) is 5.73 Å². The van der Waals surface area contributed by atoms with Gasteiger partial charge in [-0.1, -0.05) is 35.5 Å². The molecule has 0 radical (unpaired) electrons. The summed E-state index contributed by atoms with van der Waals surface area (Å²) in [6.07, 6.45) is 0. The van der Waals surface area contributed by atoms with Gasteiger partial charge in [-0.25, -0.2) is 0 Å². The lowest BCUT2D eigenvalue weighted by Crippen LogP contribution is -2.12. The monoisotopic (exact) mass is 376 g/mol. The molecule has 0 saturated heterocycles. The normalized spacial score (nSPS) is 10.8. The van der Waals surface area contributed by atoms with Crippen molar-refractivity contribution >= 4 is 5.91 Å². The topological polar surface area (TPSA) is 117 Å². The van der Waals surface area contributed by atoms with E-state index in [0.29, 0.717) is 28.3 Å². The Kier molecular flexibility index (Phi) is 4.36. The lowest BCUT2D eigenvalue weighted by molar-refractivity contribution is 0.0997. The van der Waals surface area contributed by atoms with Gasteiger partial charge in [0, 0.05) is 11.1 Å². The molecule has 0 bridgehead atoms. The smallest absolute Gasteiger partial charge is 0.254 e. The van der Waals surface area contributed by atoms with Crippen molar-refractivity contribution in [1.29, 1.82) is 0 Å². The van der Waals surface area contributed by atoms with Gasteiger partial charge in [-0.2, -0.15) is 0 Å². The molecule has 8 heteroatoms. The number of rotatable bonds is 5. The van der Waals surface area contributed by atoms with E-state index in [1.807, 2.05) is 30.3 Å². The summed E-state index contributed by atoms with van der Waals surface area (Å²) in [5, 5.41) is 12.4. The molecule has 2 N–H and O–H groups in total. The van der Waals surface area contributed by atoms with E-state index in [1.165, 1.54) is 7.11 Å². The summed E-state index contributed by atoms with van der Waals surface area (Å²) in [5.41, 5.74) is 8.34. The van der Waals surface area contributed by atoms with Gasteiger partial charge in [0.2, 0.25) is 5.89 Å². The summed E-state index contributed by atoms with van der Waals surface area (Å²) in [6, 6.07) is 14.4. The van der Waals surface area contributed by atoms with Crippen LogP contribution in [-0.4, -0.2) is 28.4 Å². The number of benzene rings is 2. The third-order valence-corrected chi connectivity index (χ3v) is 4.26. The van der Waals surface area contributed by atoms with Crippen LogP contribution in [0.25, 0.3) is 34.2 Å². The number of carbonyl (C=O) groups excluding carboxylic acids is 1. The molecule has 2 heterocycles. The van der Waals surface area contributed by atoms with Crippen LogP contribution in [0.2, 0.25) is 0 Å². The first-order valence-electron chi connectivity index (χ1n) is 8.42. The second-order valence-electron chi connectivity index (χ2n) is 6.02. The number of methoxy groups -OCH3 is 1. The molecular weight excluding hydrogens is 360 g/mol.